The largest absolute Gasteiger partial charge is 0.374 e. The van der Waals surface area contributed by atoms with E-state index in [1.54, 1.807) is 0 Å². The third kappa shape index (κ3) is 3.50. The van der Waals surface area contributed by atoms with Crippen molar-refractivity contribution in [2.75, 3.05) is 32.8 Å². The van der Waals surface area contributed by atoms with Crippen LogP contribution in [0.2, 0.25) is 0 Å². The smallest absolute Gasteiger partial charge is 0.240 e. The zero-order valence-corrected chi connectivity index (χ0v) is 12.4. The summed E-state index contributed by atoms with van der Waals surface area (Å²) in [5, 5.41) is 12.3. The van der Waals surface area contributed by atoms with Gasteiger partial charge in [-0.3, -0.25) is 9.69 Å². The van der Waals surface area contributed by atoms with Gasteiger partial charge in [-0.2, -0.15) is 5.26 Å². The van der Waals surface area contributed by atoms with E-state index < -0.39 is 5.41 Å². The number of hydrogen-bond donors (Lipinski definition) is 1. The van der Waals surface area contributed by atoms with E-state index in [0.29, 0.717) is 19.4 Å². The fraction of sp³-hybridized carbons (Fsp3) is 0.867. The zero-order chi connectivity index (χ0) is 14.4. The Balaban J connectivity index is 1.83. The van der Waals surface area contributed by atoms with Gasteiger partial charge in [0.1, 0.15) is 5.41 Å². The first-order valence-electron chi connectivity index (χ1n) is 7.74. The molecule has 0 spiro atoms. The first-order valence-corrected chi connectivity index (χ1v) is 7.74. The van der Waals surface area contributed by atoms with Crippen LogP contribution in [0.5, 0.6) is 0 Å². The highest BCUT2D eigenvalue weighted by atomic mass is 16.5. The molecule has 0 radical (unpaired) electrons. The van der Waals surface area contributed by atoms with Gasteiger partial charge in [0.2, 0.25) is 5.91 Å². The minimum atomic E-state index is -0.794. The highest BCUT2D eigenvalue weighted by molar-refractivity contribution is 5.85. The molecule has 1 aliphatic carbocycles. The zero-order valence-electron chi connectivity index (χ0n) is 12.4. The van der Waals surface area contributed by atoms with E-state index in [4.69, 9.17) is 4.74 Å². The molecule has 5 heteroatoms. The standard InChI is InChI=1S/C15H25N3O2/c1-2-18-8-9-20-13(11-18)10-17-14(19)15(12-16)6-4-3-5-7-15/h13H,2-11H2,1H3,(H,17,19). The molecule has 1 saturated carbocycles. The molecule has 0 aromatic carbocycles. The Kier molecular flexibility index (Phi) is 5.38. The third-order valence-corrected chi connectivity index (χ3v) is 4.52. The molecule has 2 fully saturated rings. The first kappa shape index (κ1) is 15.3. The average Bonchev–Trinajstić information content (AvgIpc) is 2.53. The highest BCUT2D eigenvalue weighted by Crippen LogP contribution is 2.35. The van der Waals surface area contributed by atoms with Crippen molar-refractivity contribution in [3.63, 3.8) is 0 Å². The van der Waals surface area contributed by atoms with Crippen LogP contribution in [0.4, 0.5) is 0 Å². The maximum absolute atomic E-state index is 12.3. The molecule has 1 saturated heterocycles. The second-order valence-electron chi connectivity index (χ2n) is 5.85. The van der Waals surface area contributed by atoms with Gasteiger partial charge in [-0.05, 0) is 19.4 Å². The molecule has 0 aromatic rings. The minimum Gasteiger partial charge on any atom is -0.374 e. The van der Waals surface area contributed by atoms with Gasteiger partial charge in [0.05, 0.1) is 18.8 Å². The Labute approximate surface area is 121 Å². The van der Waals surface area contributed by atoms with Crippen LogP contribution < -0.4 is 5.32 Å². The highest BCUT2D eigenvalue weighted by Gasteiger charge is 2.39. The summed E-state index contributed by atoms with van der Waals surface area (Å²) in [5.41, 5.74) is -0.794. The first-order chi connectivity index (χ1) is 9.70. The van der Waals surface area contributed by atoms with Crippen molar-refractivity contribution < 1.29 is 9.53 Å². The summed E-state index contributed by atoms with van der Waals surface area (Å²) in [5.74, 6) is -0.100. The maximum atomic E-state index is 12.3. The quantitative estimate of drug-likeness (QED) is 0.842. The minimum absolute atomic E-state index is 0.0481. The van der Waals surface area contributed by atoms with Crippen molar-refractivity contribution in [2.24, 2.45) is 5.41 Å². The van der Waals surface area contributed by atoms with Crippen molar-refractivity contribution >= 4 is 5.91 Å². The van der Waals surface area contributed by atoms with Gasteiger partial charge in [-0.25, -0.2) is 0 Å². The van der Waals surface area contributed by atoms with Gasteiger partial charge in [-0.1, -0.05) is 26.2 Å². The molecule has 0 bridgehead atoms. The van der Waals surface area contributed by atoms with Gasteiger partial charge >= 0.3 is 0 Å². The second kappa shape index (κ2) is 7.05. The van der Waals surface area contributed by atoms with Crippen molar-refractivity contribution in [2.45, 2.75) is 45.1 Å². The van der Waals surface area contributed by atoms with Crippen LogP contribution in [0.3, 0.4) is 0 Å². The van der Waals surface area contributed by atoms with E-state index in [-0.39, 0.29) is 12.0 Å². The van der Waals surface area contributed by atoms with Gasteiger partial charge in [0.15, 0.2) is 0 Å². The molecule has 1 amide bonds. The molecule has 1 aliphatic heterocycles. The molecule has 2 rings (SSSR count). The van der Waals surface area contributed by atoms with Crippen LogP contribution in [-0.4, -0.2) is 49.7 Å². The lowest BCUT2D eigenvalue weighted by Gasteiger charge is -2.33. The Morgan fingerprint density at radius 2 is 2.20 bits per heavy atom. The fourth-order valence-electron chi connectivity index (χ4n) is 3.11. The van der Waals surface area contributed by atoms with Crippen molar-refractivity contribution in [1.82, 2.24) is 10.2 Å². The van der Waals surface area contributed by atoms with Crippen LogP contribution in [0.25, 0.3) is 0 Å². The van der Waals surface area contributed by atoms with Crippen molar-refractivity contribution in [3.05, 3.63) is 0 Å². The lowest BCUT2D eigenvalue weighted by atomic mass is 9.74. The number of nitrogens with one attached hydrogen (secondary N) is 1. The number of likely N-dealkylation sites (N-methyl/N-ethyl adjacent to an activating group) is 1. The second-order valence-corrected chi connectivity index (χ2v) is 5.85. The molecule has 0 aromatic heterocycles. The molecular formula is C15H25N3O2. The SMILES string of the molecule is CCN1CCOC(CNC(=O)C2(C#N)CCCCC2)C1. The van der Waals surface area contributed by atoms with Crippen LogP contribution in [0.1, 0.15) is 39.0 Å². The van der Waals surface area contributed by atoms with Crippen molar-refractivity contribution in [3.8, 4) is 6.07 Å². The molecule has 20 heavy (non-hydrogen) atoms. The number of ether oxygens (including phenoxy) is 1. The monoisotopic (exact) mass is 279 g/mol. The van der Waals surface area contributed by atoms with Gasteiger partial charge in [0.25, 0.3) is 0 Å². The Morgan fingerprint density at radius 1 is 1.45 bits per heavy atom. The summed E-state index contributed by atoms with van der Waals surface area (Å²) in [4.78, 5) is 14.7. The third-order valence-electron chi connectivity index (χ3n) is 4.52. The predicted octanol–water partition coefficient (Wildman–Crippen LogP) is 1.30. The van der Waals surface area contributed by atoms with Crippen molar-refractivity contribution in [1.29, 1.82) is 5.26 Å². The van der Waals surface area contributed by atoms with E-state index >= 15 is 0 Å². The summed E-state index contributed by atoms with van der Waals surface area (Å²) in [6, 6.07) is 2.26. The number of hydrogen-bond acceptors (Lipinski definition) is 4. The number of carbonyl (C=O) groups is 1. The van der Waals surface area contributed by atoms with Crippen LogP contribution in [0.15, 0.2) is 0 Å². The van der Waals surface area contributed by atoms with Gasteiger partial charge in [0, 0.05) is 19.6 Å². The van der Waals surface area contributed by atoms with E-state index in [9.17, 15) is 10.1 Å². The van der Waals surface area contributed by atoms with Gasteiger partial charge in [-0.15, -0.1) is 0 Å². The number of rotatable bonds is 4. The summed E-state index contributed by atoms with van der Waals surface area (Å²) in [7, 11) is 0. The van der Waals surface area contributed by atoms with E-state index in [2.05, 4.69) is 23.2 Å². The fourth-order valence-corrected chi connectivity index (χ4v) is 3.11. The van der Waals surface area contributed by atoms with Crippen LogP contribution in [0, 0.1) is 16.7 Å². The molecule has 5 nitrogen and oxygen atoms in total. The summed E-state index contributed by atoms with van der Waals surface area (Å²) in [6.07, 6.45) is 4.53. The van der Waals surface area contributed by atoms with Gasteiger partial charge < -0.3 is 10.1 Å². The molecule has 2 aliphatic rings. The number of morpholine rings is 1. The molecule has 1 N–H and O–H groups in total. The summed E-state index contributed by atoms with van der Waals surface area (Å²) in [6.45, 7) is 6.19. The molecular weight excluding hydrogens is 254 g/mol. The van der Waals surface area contributed by atoms with Crippen LogP contribution in [-0.2, 0) is 9.53 Å². The Hall–Kier alpha value is -1.12. The summed E-state index contributed by atoms with van der Waals surface area (Å²) >= 11 is 0. The predicted molar refractivity (Wildman–Crippen MR) is 76.0 cm³/mol. The Bertz CT molecular complexity index is 372. The lowest BCUT2D eigenvalue weighted by molar-refractivity contribution is -0.130. The average molecular weight is 279 g/mol. The van der Waals surface area contributed by atoms with E-state index in [0.717, 1.165) is 45.5 Å². The van der Waals surface area contributed by atoms with E-state index in [1.807, 2.05) is 0 Å². The molecule has 112 valence electrons. The molecule has 1 heterocycles. The van der Waals surface area contributed by atoms with Crippen LogP contribution >= 0.6 is 0 Å². The van der Waals surface area contributed by atoms with E-state index in [1.165, 1.54) is 0 Å². The molecule has 1 unspecified atom stereocenters. The molecule has 1 atom stereocenters. The number of amides is 1. The lowest BCUT2D eigenvalue weighted by Crippen LogP contribution is -2.50. The number of nitriles is 1. The number of carbonyl (C=O) groups excluding carboxylic acids is 1. The topological polar surface area (TPSA) is 65.4 Å². The normalized spacial score (nSPS) is 26.7. The maximum Gasteiger partial charge on any atom is 0.240 e. The Morgan fingerprint density at radius 3 is 2.85 bits per heavy atom. The summed E-state index contributed by atoms with van der Waals surface area (Å²) < 4.78 is 5.68. The number of nitrogens with zero attached hydrogens (tertiary/aromatic N) is 2.